The monoisotopic (exact) mass is 240 g/mol. The number of alkyl halides is 1. The van der Waals surface area contributed by atoms with E-state index in [-0.39, 0.29) is 23.2 Å². The smallest absolute Gasteiger partial charge is 0.181 e. The number of hydrogen-bond donors (Lipinski definition) is 1. The van der Waals surface area contributed by atoms with E-state index >= 15 is 0 Å². The molecule has 0 aliphatic rings. The maximum atomic E-state index is 11.7. The molecule has 4 heteroatoms. The predicted octanol–water partition coefficient (Wildman–Crippen LogP) is 2.55. The largest absolute Gasteiger partial charge is 0.504 e. The van der Waals surface area contributed by atoms with Gasteiger partial charge >= 0.3 is 0 Å². The molecule has 0 aromatic heterocycles. The van der Waals surface area contributed by atoms with E-state index in [0.717, 1.165) is 5.56 Å². The molecule has 0 radical (unpaired) electrons. The lowest BCUT2D eigenvalue weighted by atomic mass is 10.00. The molecule has 0 aliphatic heterocycles. The fourth-order valence-corrected chi connectivity index (χ4v) is 1.65. The SMILES string of the molecule is C=CCc1ccc(O)c(OC)c1C(=O)CCl. The number of ether oxygens (including phenoxy) is 1. The van der Waals surface area contributed by atoms with Crippen LogP contribution >= 0.6 is 11.6 Å². The summed E-state index contributed by atoms with van der Waals surface area (Å²) < 4.78 is 5.02. The van der Waals surface area contributed by atoms with Gasteiger partial charge in [0.15, 0.2) is 17.3 Å². The fraction of sp³-hybridized carbons (Fsp3) is 0.250. The number of aromatic hydroxyl groups is 1. The summed E-state index contributed by atoms with van der Waals surface area (Å²) in [5, 5.41) is 9.58. The van der Waals surface area contributed by atoms with Gasteiger partial charge in [0, 0.05) is 0 Å². The van der Waals surface area contributed by atoms with Crippen molar-refractivity contribution >= 4 is 17.4 Å². The number of phenolic OH excluding ortho intramolecular Hbond substituents is 1. The van der Waals surface area contributed by atoms with Gasteiger partial charge in [-0.1, -0.05) is 12.1 Å². The van der Waals surface area contributed by atoms with Crippen LogP contribution in [0.4, 0.5) is 0 Å². The molecule has 0 amide bonds. The van der Waals surface area contributed by atoms with Crippen molar-refractivity contribution in [3.8, 4) is 11.5 Å². The topological polar surface area (TPSA) is 46.5 Å². The normalized spacial score (nSPS) is 9.88. The Morgan fingerprint density at radius 1 is 1.62 bits per heavy atom. The lowest BCUT2D eigenvalue weighted by Crippen LogP contribution is -2.07. The van der Waals surface area contributed by atoms with Crippen molar-refractivity contribution in [2.75, 3.05) is 13.0 Å². The van der Waals surface area contributed by atoms with Gasteiger partial charge in [0.25, 0.3) is 0 Å². The molecule has 0 atom stereocenters. The van der Waals surface area contributed by atoms with Crippen LogP contribution in [0.2, 0.25) is 0 Å². The molecule has 1 aromatic rings. The molecule has 0 saturated heterocycles. The molecule has 0 saturated carbocycles. The van der Waals surface area contributed by atoms with Crippen molar-refractivity contribution in [1.29, 1.82) is 0 Å². The molecule has 86 valence electrons. The highest BCUT2D eigenvalue weighted by Crippen LogP contribution is 2.33. The lowest BCUT2D eigenvalue weighted by Gasteiger charge is -2.12. The van der Waals surface area contributed by atoms with Gasteiger partial charge in [-0.2, -0.15) is 0 Å². The molecule has 1 rings (SSSR count). The molecule has 1 aromatic carbocycles. The minimum absolute atomic E-state index is 0.0659. The van der Waals surface area contributed by atoms with Crippen LogP contribution in [0.25, 0.3) is 0 Å². The van der Waals surface area contributed by atoms with Crippen LogP contribution in [0.3, 0.4) is 0 Å². The Bertz CT molecular complexity index is 413. The second kappa shape index (κ2) is 5.56. The maximum absolute atomic E-state index is 11.7. The van der Waals surface area contributed by atoms with Crippen LogP contribution in [0, 0.1) is 0 Å². The Balaban J connectivity index is 3.40. The van der Waals surface area contributed by atoms with E-state index in [9.17, 15) is 9.90 Å². The van der Waals surface area contributed by atoms with Crippen LogP contribution in [0.1, 0.15) is 15.9 Å². The van der Waals surface area contributed by atoms with E-state index in [1.54, 1.807) is 12.1 Å². The summed E-state index contributed by atoms with van der Waals surface area (Å²) in [5.41, 5.74) is 1.08. The summed E-state index contributed by atoms with van der Waals surface area (Å²) in [6, 6.07) is 3.15. The molecular weight excluding hydrogens is 228 g/mol. The van der Waals surface area contributed by atoms with Crippen LogP contribution in [-0.2, 0) is 6.42 Å². The third kappa shape index (κ3) is 2.36. The van der Waals surface area contributed by atoms with E-state index < -0.39 is 0 Å². The second-order valence-corrected chi connectivity index (χ2v) is 3.47. The van der Waals surface area contributed by atoms with Crippen LogP contribution in [0.15, 0.2) is 24.8 Å². The number of methoxy groups -OCH3 is 1. The van der Waals surface area contributed by atoms with Gasteiger partial charge in [-0.3, -0.25) is 4.79 Å². The summed E-state index contributed by atoms with van der Waals surface area (Å²) in [5.74, 6) is -0.315. The highest BCUT2D eigenvalue weighted by Gasteiger charge is 2.18. The van der Waals surface area contributed by atoms with E-state index in [0.29, 0.717) is 12.0 Å². The Morgan fingerprint density at radius 2 is 2.31 bits per heavy atom. The van der Waals surface area contributed by atoms with Crippen molar-refractivity contribution in [3.63, 3.8) is 0 Å². The second-order valence-electron chi connectivity index (χ2n) is 3.20. The number of carbonyl (C=O) groups excluding carboxylic acids is 1. The Labute approximate surface area is 99.3 Å². The zero-order valence-electron chi connectivity index (χ0n) is 9.00. The summed E-state index contributed by atoms with van der Waals surface area (Å²) in [7, 11) is 1.40. The van der Waals surface area contributed by atoms with Crippen LogP contribution in [-0.4, -0.2) is 23.9 Å². The van der Waals surface area contributed by atoms with Crippen molar-refractivity contribution in [2.24, 2.45) is 0 Å². The van der Waals surface area contributed by atoms with Crippen molar-refractivity contribution in [3.05, 3.63) is 35.9 Å². The standard InChI is InChI=1S/C12H13ClO3/c1-3-4-8-5-6-9(14)12(16-2)11(8)10(15)7-13/h3,5-6,14H,1,4,7H2,2H3. The summed E-state index contributed by atoms with van der Waals surface area (Å²) in [6.45, 7) is 3.61. The van der Waals surface area contributed by atoms with Gasteiger partial charge < -0.3 is 9.84 Å². The highest BCUT2D eigenvalue weighted by atomic mass is 35.5. The van der Waals surface area contributed by atoms with Gasteiger partial charge in [-0.15, -0.1) is 18.2 Å². The molecule has 1 N–H and O–H groups in total. The molecule has 0 bridgehead atoms. The summed E-state index contributed by atoms with van der Waals surface area (Å²) in [6.07, 6.45) is 2.20. The van der Waals surface area contributed by atoms with E-state index in [1.807, 2.05) is 0 Å². The van der Waals surface area contributed by atoms with E-state index in [1.165, 1.54) is 13.2 Å². The average Bonchev–Trinajstić information content (AvgIpc) is 2.30. The first-order valence-electron chi connectivity index (χ1n) is 4.74. The first-order chi connectivity index (χ1) is 7.65. The number of Topliss-reactive ketones (excluding diaryl/α,β-unsaturated/α-hetero) is 1. The Morgan fingerprint density at radius 3 is 2.81 bits per heavy atom. The van der Waals surface area contributed by atoms with E-state index in [4.69, 9.17) is 16.3 Å². The van der Waals surface area contributed by atoms with Gasteiger partial charge in [0.05, 0.1) is 18.6 Å². The fourth-order valence-electron chi connectivity index (χ4n) is 1.52. The molecule has 0 heterocycles. The summed E-state index contributed by atoms with van der Waals surface area (Å²) in [4.78, 5) is 11.7. The maximum Gasteiger partial charge on any atom is 0.181 e. The Hall–Kier alpha value is -1.48. The molecule has 0 fully saturated rings. The highest BCUT2D eigenvalue weighted by molar-refractivity contribution is 6.31. The van der Waals surface area contributed by atoms with Crippen molar-refractivity contribution < 1.29 is 14.6 Å². The molecule has 16 heavy (non-hydrogen) atoms. The predicted molar refractivity (Wildman–Crippen MR) is 63.6 cm³/mol. The Kier molecular flexibility index (Phi) is 4.38. The van der Waals surface area contributed by atoms with Gasteiger partial charge in [-0.25, -0.2) is 0 Å². The van der Waals surface area contributed by atoms with Gasteiger partial charge in [-0.05, 0) is 18.1 Å². The molecule has 0 spiro atoms. The minimum Gasteiger partial charge on any atom is -0.504 e. The third-order valence-corrected chi connectivity index (χ3v) is 2.43. The number of carbonyl (C=O) groups is 1. The van der Waals surface area contributed by atoms with Crippen LogP contribution < -0.4 is 4.74 Å². The molecule has 0 aliphatic carbocycles. The first-order valence-corrected chi connectivity index (χ1v) is 5.28. The average molecular weight is 241 g/mol. The lowest BCUT2D eigenvalue weighted by molar-refractivity contribution is 0.101. The number of hydrogen-bond acceptors (Lipinski definition) is 3. The quantitative estimate of drug-likeness (QED) is 0.489. The zero-order valence-corrected chi connectivity index (χ0v) is 9.75. The third-order valence-electron chi connectivity index (χ3n) is 2.19. The summed E-state index contributed by atoms with van der Waals surface area (Å²) >= 11 is 5.53. The zero-order chi connectivity index (χ0) is 12.1. The molecular formula is C12H13ClO3. The van der Waals surface area contributed by atoms with Gasteiger partial charge in [0.2, 0.25) is 0 Å². The number of halogens is 1. The number of ketones is 1. The van der Waals surface area contributed by atoms with Gasteiger partial charge in [0.1, 0.15) is 0 Å². The van der Waals surface area contributed by atoms with Crippen molar-refractivity contribution in [1.82, 2.24) is 0 Å². The van der Waals surface area contributed by atoms with Crippen molar-refractivity contribution in [2.45, 2.75) is 6.42 Å². The number of rotatable bonds is 5. The molecule has 0 unspecified atom stereocenters. The number of benzene rings is 1. The van der Waals surface area contributed by atoms with E-state index in [2.05, 4.69) is 6.58 Å². The van der Waals surface area contributed by atoms with Crippen LogP contribution in [0.5, 0.6) is 11.5 Å². The first kappa shape index (κ1) is 12.6. The minimum atomic E-state index is -0.272. The number of allylic oxidation sites excluding steroid dienone is 1. The molecule has 3 nitrogen and oxygen atoms in total. The number of phenols is 1.